The van der Waals surface area contributed by atoms with E-state index in [0.717, 1.165) is 18.4 Å². The molecule has 1 aromatic carbocycles. The van der Waals surface area contributed by atoms with E-state index in [4.69, 9.17) is 4.42 Å². The van der Waals surface area contributed by atoms with Gasteiger partial charge < -0.3 is 19.5 Å². The molecule has 2 atom stereocenters. The summed E-state index contributed by atoms with van der Waals surface area (Å²) in [4.78, 5) is 14.5. The van der Waals surface area contributed by atoms with Gasteiger partial charge in [-0.2, -0.15) is 0 Å². The van der Waals surface area contributed by atoms with Crippen LogP contribution < -0.4 is 0 Å². The minimum Gasteiger partial charge on any atom is -0.508 e. The Labute approximate surface area is 135 Å². The fourth-order valence-electron chi connectivity index (χ4n) is 3.09. The zero-order valence-corrected chi connectivity index (χ0v) is 12.9. The van der Waals surface area contributed by atoms with E-state index in [0.29, 0.717) is 25.3 Å². The smallest absolute Gasteiger partial charge is 0.229 e. The van der Waals surface area contributed by atoms with Crippen LogP contribution in [0.3, 0.4) is 0 Å². The summed E-state index contributed by atoms with van der Waals surface area (Å²) in [6, 6.07) is 10.4. The standard InChI is InChI=1S/C18H21NO4/c20-14-8-6-13(7-9-14)11-19(12-15-3-2-10-23-15)18(22)16-4-1-5-17(16)21/h2-3,6-10,16-17,20-21H,1,4-5,11-12H2. The molecule has 0 radical (unpaired) electrons. The number of carbonyl (C=O) groups excluding carboxylic acids is 1. The van der Waals surface area contributed by atoms with Crippen molar-refractivity contribution in [1.82, 2.24) is 4.90 Å². The Balaban J connectivity index is 1.77. The Kier molecular flexibility index (Phi) is 4.67. The number of amides is 1. The van der Waals surface area contributed by atoms with E-state index < -0.39 is 6.10 Å². The molecule has 1 aliphatic rings. The minimum atomic E-state index is -0.554. The van der Waals surface area contributed by atoms with Crippen LogP contribution in [-0.2, 0) is 17.9 Å². The number of rotatable bonds is 5. The van der Waals surface area contributed by atoms with Crippen molar-refractivity contribution in [3.63, 3.8) is 0 Å². The van der Waals surface area contributed by atoms with Crippen LogP contribution in [0.1, 0.15) is 30.6 Å². The maximum atomic E-state index is 12.8. The molecule has 1 fully saturated rings. The van der Waals surface area contributed by atoms with Gasteiger partial charge in [-0.3, -0.25) is 4.79 Å². The lowest BCUT2D eigenvalue weighted by atomic mass is 10.0. The molecular weight excluding hydrogens is 294 g/mol. The van der Waals surface area contributed by atoms with Crippen molar-refractivity contribution >= 4 is 5.91 Å². The van der Waals surface area contributed by atoms with Gasteiger partial charge >= 0.3 is 0 Å². The summed E-state index contributed by atoms with van der Waals surface area (Å²) in [7, 11) is 0. The second kappa shape index (κ2) is 6.87. The topological polar surface area (TPSA) is 73.9 Å². The van der Waals surface area contributed by atoms with Gasteiger partial charge in [0.05, 0.1) is 24.8 Å². The number of furan rings is 1. The van der Waals surface area contributed by atoms with Crippen molar-refractivity contribution in [2.45, 2.75) is 38.5 Å². The number of phenols is 1. The number of aliphatic hydroxyl groups is 1. The van der Waals surface area contributed by atoms with E-state index in [2.05, 4.69) is 0 Å². The molecular formula is C18H21NO4. The second-order valence-corrected chi connectivity index (χ2v) is 6.04. The van der Waals surface area contributed by atoms with E-state index in [1.165, 1.54) is 0 Å². The monoisotopic (exact) mass is 315 g/mol. The molecule has 23 heavy (non-hydrogen) atoms. The molecule has 0 saturated heterocycles. The summed E-state index contributed by atoms with van der Waals surface area (Å²) in [6.07, 6.45) is 3.32. The molecule has 0 aliphatic heterocycles. The lowest BCUT2D eigenvalue weighted by Gasteiger charge is -2.26. The van der Waals surface area contributed by atoms with Crippen molar-refractivity contribution in [2.24, 2.45) is 5.92 Å². The van der Waals surface area contributed by atoms with Gasteiger partial charge in [0.2, 0.25) is 5.91 Å². The van der Waals surface area contributed by atoms with E-state index in [-0.39, 0.29) is 17.6 Å². The van der Waals surface area contributed by atoms with E-state index >= 15 is 0 Å². The molecule has 3 rings (SSSR count). The number of carbonyl (C=O) groups is 1. The summed E-state index contributed by atoms with van der Waals surface area (Å²) in [6.45, 7) is 0.791. The maximum Gasteiger partial charge on any atom is 0.229 e. The average Bonchev–Trinajstić information content (AvgIpc) is 3.19. The largest absolute Gasteiger partial charge is 0.508 e. The van der Waals surface area contributed by atoms with E-state index in [1.54, 1.807) is 41.5 Å². The summed E-state index contributed by atoms with van der Waals surface area (Å²) in [5.41, 5.74) is 0.926. The Morgan fingerprint density at radius 1 is 1.17 bits per heavy atom. The molecule has 2 unspecified atom stereocenters. The summed E-state index contributed by atoms with van der Waals surface area (Å²) in [5, 5.41) is 19.4. The number of aromatic hydroxyl groups is 1. The molecule has 1 saturated carbocycles. The van der Waals surface area contributed by atoms with E-state index in [9.17, 15) is 15.0 Å². The third-order valence-corrected chi connectivity index (χ3v) is 4.34. The number of phenolic OH excluding ortho intramolecular Hbond substituents is 1. The van der Waals surface area contributed by atoms with Crippen LogP contribution in [0.5, 0.6) is 5.75 Å². The molecule has 5 nitrogen and oxygen atoms in total. The first kappa shape index (κ1) is 15.6. The third kappa shape index (κ3) is 3.74. The molecule has 0 bridgehead atoms. The van der Waals surface area contributed by atoms with Crippen molar-refractivity contribution in [1.29, 1.82) is 0 Å². The van der Waals surface area contributed by atoms with Gasteiger partial charge in [-0.15, -0.1) is 0 Å². The Hall–Kier alpha value is -2.27. The number of aliphatic hydroxyl groups excluding tert-OH is 1. The minimum absolute atomic E-state index is 0.0422. The molecule has 122 valence electrons. The first-order chi connectivity index (χ1) is 11.1. The highest BCUT2D eigenvalue weighted by Gasteiger charge is 2.34. The van der Waals surface area contributed by atoms with Gasteiger partial charge in [-0.1, -0.05) is 12.1 Å². The molecule has 5 heteroatoms. The first-order valence-corrected chi connectivity index (χ1v) is 7.90. The normalized spacial score (nSPS) is 20.6. The highest BCUT2D eigenvalue weighted by Crippen LogP contribution is 2.28. The Bertz CT molecular complexity index is 636. The molecule has 1 amide bonds. The van der Waals surface area contributed by atoms with Crippen LogP contribution in [0.4, 0.5) is 0 Å². The van der Waals surface area contributed by atoms with Crippen LogP contribution in [-0.4, -0.2) is 27.1 Å². The molecule has 1 aliphatic carbocycles. The summed E-state index contributed by atoms with van der Waals surface area (Å²) in [5.74, 6) is 0.537. The molecule has 1 heterocycles. The van der Waals surface area contributed by atoms with Crippen molar-refractivity contribution < 1.29 is 19.4 Å². The number of hydrogen-bond acceptors (Lipinski definition) is 4. The second-order valence-electron chi connectivity index (χ2n) is 6.04. The zero-order valence-electron chi connectivity index (χ0n) is 12.9. The fourth-order valence-corrected chi connectivity index (χ4v) is 3.09. The quantitative estimate of drug-likeness (QED) is 0.889. The Morgan fingerprint density at radius 2 is 1.96 bits per heavy atom. The van der Waals surface area contributed by atoms with Gasteiger partial charge in [-0.05, 0) is 49.1 Å². The lowest BCUT2D eigenvalue weighted by Crippen LogP contribution is -2.38. The molecule has 2 aromatic rings. The van der Waals surface area contributed by atoms with Crippen LogP contribution in [0.15, 0.2) is 47.1 Å². The van der Waals surface area contributed by atoms with Gasteiger partial charge in [0.25, 0.3) is 0 Å². The fraction of sp³-hybridized carbons (Fsp3) is 0.389. The highest BCUT2D eigenvalue weighted by atomic mass is 16.3. The number of hydrogen-bond donors (Lipinski definition) is 2. The average molecular weight is 315 g/mol. The van der Waals surface area contributed by atoms with Crippen molar-refractivity contribution in [3.05, 3.63) is 54.0 Å². The van der Waals surface area contributed by atoms with E-state index in [1.807, 2.05) is 6.07 Å². The van der Waals surface area contributed by atoms with Crippen LogP contribution in [0.25, 0.3) is 0 Å². The van der Waals surface area contributed by atoms with Gasteiger partial charge in [0.1, 0.15) is 11.5 Å². The Morgan fingerprint density at radius 3 is 2.57 bits per heavy atom. The van der Waals surface area contributed by atoms with Crippen LogP contribution in [0.2, 0.25) is 0 Å². The van der Waals surface area contributed by atoms with Gasteiger partial charge in [-0.25, -0.2) is 0 Å². The van der Waals surface area contributed by atoms with Gasteiger partial charge in [0, 0.05) is 6.54 Å². The first-order valence-electron chi connectivity index (χ1n) is 7.90. The third-order valence-electron chi connectivity index (χ3n) is 4.34. The van der Waals surface area contributed by atoms with Crippen molar-refractivity contribution in [3.8, 4) is 5.75 Å². The number of benzene rings is 1. The maximum absolute atomic E-state index is 12.8. The van der Waals surface area contributed by atoms with Crippen LogP contribution in [0, 0.1) is 5.92 Å². The molecule has 2 N–H and O–H groups in total. The summed E-state index contributed by atoms with van der Waals surface area (Å²) < 4.78 is 5.36. The molecule has 1 aromatic heterocycles. The lowest BCUT2D eigenvalue weighted by molar-refractivity contribution is -0.139. The van der Waals surface area contributed by atoms with Crippen LogP contribution >= 0.6 is 0 Å². The molecule has 0 spiro atoms. The SMILES string of the molecule is O=C(C1CCCC1O)N(Cc1ccc(O)cc1)Cc1ccco1. The van der Waals surface area contributed by atoms with Crippen molar-refractivity contribution in [2.75, 3.05) is 0 Å². The summed E-state index contributed by atoms with van der Waals surface area (Å²) >= 11 is 0. The highest BCUT2D eigenvalue weighted by molar-refractivity contribution is 5.79. The van der Waals surface area contributed by atoms with Gasteiger partial charge in [0.15, 0.2) is 0 Å². The zero-order chi connectivity index (χ0) is 16.2. The predicted octanol–water partition coefficient (Wildman–Crippen LogP) is 2.68. The predicted molar refractivity (Wildman–Crippen MR) is 84.4 cm³/mol. The number of nitrogens with zero attached hydrogens (tertiary/aromatic N) is 1.